The minimum atomic E-state index is -4.30. The first-order chi connectivity index (χ1) is 9.50. The molecule has 102 valence electrons. The summed E-state index contributed by atoms with van der Waals surface area (Å²) in [4.78, 5) is 14.2. The third kappa shape index (κ3) is 2.09. The number of benzene rings is 2. The molecule has 0 atom stereocenters. The Bertz CT molecular complexity index is 802. The molecule has 1 heterocycles. The number of amides is 1. The van der Waals surface area contributed by atoms with Gasteiger partial charge in [-0.25, -0.2) is 0 Å². The van der Waals surface area contributed by atoms with Crippen LogP contribution in [0.5, 0.6) is 0 Å². The number of rotatable bonds is 2. The molecule has 0 aliphatic carbocycles. The van der Waals surface area contributed by atoms with Crippen LogP contribution in [0.3, 0.4) is 0 Å². The molecule has 0 fully saturated rings. The molecule has 1 aliphatic rings. The van der Waals surface area contributed by atoms with Crippen molar-refractivity contribution in [1.29, 1.82) is 0 Å². The highest BCUT2D eigenvalue weighted by atomic mass is 32.2. The van der Waals surface area contributed by atoms with Gasteiger partial charge in [0, 0.05) is 9.79 Å². The summed E-state index contributed by atoms with van der Waals surface area (Å²) in [6.45, 7) is 0. The first-order valence-corrected chi connectivity index (χ1v) is 7.89. The normalized spacial score (nSPS) is 13.6. The van der Waals surface area contributed by atoms with Crippen LogP contribution in [0.15, 0.2) is 57.2 Å². The van der Waals surface area contributed by atoms with Gasteiger partial charge in [0.2, 0.25) is 6.41 Å². The summed E-state index contributed by atoms with van der Waals surface area (Å²) >= 11 is 1.44. The fraction of sp³-hybridized carbons (Fsp3) is 0. The van der Waals surface area contributed by atoms with E-state index in [4.69, 9.17) is 4.55 Å². The summed E-state index contributed by atoms with van der Waals surface area (Å²) in [5.74, 6) is 0. The van der Waals surface area contributed by atoms with E-state index >= 15 is 0 Å². The number of hydrogen-bond donors (Lipinski definition) is 1. The van der Waals surface area contributed by atoms with Crippen LogP contribution in [-0.2, 0) is 14.9 Å². The molecule has 0 saturated carbocycles. The number of carbonyl (C=O) groups excluding carboxylic acids is 1. The summed E-state index contributed by atoms with van der Waals surface area (Å²) in [5.41, 5.74) is 1.13. The van der Waals surface area contributed by atoms with Crippen molar-refractivity contribution in [2.24, 2.45) is 0 Å². The van der Waals surface area contributed by atoms with Crippen molar-refractivity contribution >= 4 is 39.7 Å². The van der Waals surface area contributed by atoms with Crippen molar-refractivity contribution < 1.29 is 17.8 Å². The van der Waals surface area contributed by atoms with Crippen molar-refractivity contribution in [3.63, 3.8) is 0 Å². The minimum Gasteiger partial charge on any atom is -0.282 e. The number of fused-ring (bicyclic) bond motifs is 2. The molecule has 0 unspecified atom stereocenters. The zero-order valence-corrected chi connectivity index (χ0v) is 11.7. The van der Waals surface area contributed by atoms with Gasteiger partial charge in [-0.1, -0.05) is 23.9 Å². The number of hydrogen-bond acceptors (Lipinski definition) is 4. The highest BCUT2D eigenvalue weighted by Crippen LogP contribution is 2.47. The summed E-state index contributed by atoms with van der Waals surface area (Å²) in [6.07, 6.45) is 0.630. The van der Waals surface area contributed by atoms with Crippen LogP contribution in [0.1, 0.15) is 0 Å². The SMILES string of the molecule is O=CN1c2ccccc2Sc2ccc(S(=O)(=O)O)cc21. The smallest absolute Gasteiger partial charge is 0.282 e. The fourth-order valence-corrected chi connectivity index (χ4v) is 3.59. The molecule has 0 spiro atoms. The van der Waals surface area contributed by atoms with E-state index in [1.807, 2.05) is 12.1 Å². The van der Waals surface area contributed by atoms with Crippen LogP contribution >= 0.6 is 11.8 Å². The van der Waals surface area contributed by atoms with Crippen LogP contribution in [0, 0.1) is 0 Å². The lowest BCUT2D eigenvalue weighted by molar-refractivity contribution is -0.106. The topological polar surface area (TPSA) is 74.7 Å². The Labute approximate surface area is 120 Å². The second-order valence-electron chi connectivity index (χ2n) is 4.15. The van der Waals surface area contributed by atoms with E-state index < -0.39 is 10.1 Å². The lowest BCUT2D eigenvalue weighted by atomic mass is 10.2. The average Bonchev–Trinajstić information content (AvgIpc) is 2.43. The maximum absolute atomic E-state index is 11.4. The quantitative estimate of drug-likeness (QED) is 0.682. The van der Waals surface area contributed by atoms with Crippen LogP contribution in [0.25, 0.3) is 0 Å². The fourth-order valence-electron chi connectivity index (χ4n) is 2.04. The Balaban J connectivity index is 2.21. The lowest BCUT2D eigenvalue weighted by Crippen LogP contribution is -2.18. The molecule has 2 aromatic rings. The van der Waals surface area contributed by atoms with E-state index in [1.165, 1.54) is 28.8 Å². The minimum absolute atomic E-state index is 0.233. The molecule has 0 bridgehead atoms. The maximum atomic E-state index is 11.4. The van der Waals surface area contributed by atoms with Gasteiger partial charge in [0.25, 0.3) is 10.1 Å². The van der Waals surface area contributed by atoms with Crippen LogP contribution in [-0.4, -0.2) is 19.4 Å². The highest BCUT2D eigenvalue weighted by Gasteiger charge is 2.24. The third-order valence-corrected chi connectivity index (χ3v) is 4.92. The van der Waals surface area contributed by atoms with E-state index in [1.54, 1.807) is 18.2 Å². The molecule has 1 amide bonds. The molecule has 5 nitrogen and oxygen atoms in total. The summed E-state index contributed by atoms with van der Waals surface area (Å²) in [6, 6.07) is 11.5. The number of para-hydroxylation sites is 1. The first kappa shape index (κ1) is 13.2. The molecule has 0 saturated heterocycles. The Morgan fingerprint density at radius 2 is 1.75 bits per heavy atom. The molecule has 0 aromatic heterocycles. The van der Waals surface area contributed by atoms with Crippen molar-refractivity contribution in [2.45, 2.75) is 14.7 Å². The van der Waals surface area contributed by atoms with E-state index in [0.717, 1.165) is 9.79 Å². The Kier molecular flexibility index (Phi) is 3.04. The molecule has 7 heteroatoms. The van der Waals surface area contributed by atoms with Crippen molar-refractivity contribution in [2.75, 3.05) is 4.90 Å². The van der Waals surface area contributed by atoms with Crippen LogP contribution < -0.4 is 4.90 Å². The molecular formula is C13H9NO4S2. The standard InChI is InChI=1S/C13H9NO4S2/c15-8-14-10-3-1-2-4-12(10)19-13-6-5-9(7-11(13)14)20(16,17)18/h1-8H,(H,16,17,18). The lowest BCUT2D eigenvalue weighted by Gasteiger charge is -2.28. The van der Waals surface area contributed by atoms with E-state index in [9.17, 15) is 13.2 Å². The number of anilines is 2. The van der Waals surface area contributed by atoms with E-state index in [2.05, 4.69) is 0 Å². The van der Waals surface area contributed by atoms with Crippen molar-refractivity contribution in [3.8, 4) is 0 Å². The highest BCUT2D eigenvalue weighted by molar-refractivity contribution is 7.99. The van der Waals surface area contributed by atoms with Crippen LogP contribution in [0.4, 0.5) is 11.4 Å². The predicted octanol–water partition coefficient (Wildman–Crippen LogP) is 2.69. The molecular weight excluding hydrogens is 298 g/mol. The predicted molar refractivity (Wildman–Crippen MR) is 75.0 cm³/mol. The van der Waals surface area contributed by atoms with Crippen molar-refractivity contribution in [3.05, 3.63) is 42.5 Å². The Morgan fingerprint density at radius 1 is 1.05 bits per heavy atom. The van der Waals surface area contributed by atoms with Gasteiger partial charge in [0.15, 0.2) is 0 Å². The Morgan fingerprint density at radius 3 is 2.45 bits per heavy atom. The zero-order chi connectivity index (χ0) is 14.3. The van der Waals surface area contributed by atoms with Gasteiger partial charge >= 0.3 is 0 Å². The van der Waals surface area contributed by atoms with Gasteiger partial charge in [-0.05, 0) is 30.3 Å². The summed E-state index contributed by atoms with van der Waals surface area (Å²) < 4.78 is 31.5. The molecule has 2 aromatic carbocycles. The van der Waals surface area contributed by atoms with Gasteiger partial charge in [-0.15, -0.1) is 0 Å². The molecule has 0 radical (unpaired) electrons. The largest absolute Gasteiger partial charge is 0.294 e. The van der Waals surface area contributed by atoms with Gasteiger partial charge in [-0.3, -0.25) is 14.2 Å². The van der Waals surface area contributed by atoms with Crippen LogP contribution in [0.2, 0.25) is 0 Å². The van der Waals surface area contributed by atoms with Gasteiger partial charge in [0.05, 0.1) is 16.3 Å². The van der Waals surface area contributed by atoms with E-state index in [0.29, 0.717) is 17.8 Å². The monoisotopic (exact) mass is 307 g/mol. The van der Waals surface area contributed by atoms with Gasteiger partial charge in [0.1, 0.15) is 0 Å². The molecule has 3 rings (SSSR count). The van der Waals surface area contributed by atoms with Crippen molar-refractivity contribution in [1.82, 2.24) is 0 Å². The van der Waals surface area contributed by atoms with E-state index in [-0.39, 0.29) is 4.90 Å². The zero-order valence-electron chi connectivity index (χ0n) is 10.1. The average molecular weight is 307 g/mol. The molecule has 1 aliphatic heterocycles. The number of nitrogens with zero attached hydrogens (tertiary/aromatic N) is 1. The van der Waals surface area contributed by atoms with Gasteiger partial charge < -0.3 is 0 Å². The summed E-state index contributed by atoms with van der Waals surface area (Å²) in [5, 5.41) is 0. The second-order valence-corrected chi connectivity index (χ2v) is 6.66. The summed E-state index contributed by atoms with van der Waals surface area (Å²) in [7, 11) is -4.30. The first-order valence-electron chi connectivity index (χ1n) is 5.63. The van der Waals surface area contributed by atoms with Gasteiger partial charge in [-0.2, -0.15) is 8.42 Å². The second kappa shape index (κ2) is 4.62. The molecule has 20 heavy (non-hydrogen) atoms. The number of carbonyl (C=O) groups is 1. The maximum Gasteiger partial charge on any atom is 0.294 e. The molecule has 1 N–H and O–H groups in total. The Hall–Kier alpha value is -1.83. The third-order valence-electron chi connectivity index (χ3n) is 2.94.